The molecule has 1 aliphatic rings. The molecule has 1 fully saturated rings. The average molecular weight is 346 g/mol. The van der Waals surface area contributed by atoms with Crippen molar-refractivity contribution in [3.63, 3.8) is 0 Å². The Bertz CT molecular complexity index is 577. The lowest BCUT2D eigenvalue weighted by Crippen LogP contribution is -2.43. The molecule has 21 heavy (non-hydrogen) atoms. The lowest BCUT2D eigenvalue weighted by molar-refractivity contribution is 0.589. The van der Waals surface area contributed by atoms with Crippen molar-refractivity contribution in [2.75, 3.05) is 36.4 Å². The second kappa shape index (κ2) is 6.96. The Kier molecular flexibility index (Phi) is 4.78. The molecular weight excluding hydrogens is 326 g/mol. The highest BCUT2D eigenvalue weighted by molar-refractivity contribution is 9.10. The van der Waals surface area contributed by atoms with Crippen LogP contribution in [0.5, 0.6) is 0 Å². The molecule has 3 rings (SSSR count). The maximum absolute atomic E-state index is 3.58. The number of benzene rings is 2. The number of piperazine rings is 1. The third-order valence-electron chi connectivity index (χ3n) is 3.79. The topological polar surface area (TPSA) is 27.3 Å². The fraction of sp³-hybridized carbons (Fsp3) is 0.294. The van der Waals surface area contributed by atoms with Gasteiger partial charge in [-0.15, -0.1) is 0 Å². The first kappa shape index (κ1) is 14.4. The summed E-state index contributed by atoms with van der Waals surface area (Å²) in [5.41, 5.74) is 3.73. The van der Waals surface area contributed by atoms with Crippen molar-refractivity contribution in [3.8, 4) is 0 Å². The average Bonchev–Trinajstić information content (AvgIpc) is 2.55. The van der Waals surface area contributed by atoms with Crippen LogP contribution in [-0.2, 0) is 6.54 Å². The van der Waals surface area contributed by atoms with E-state index >= 15 is 0 Å². The fourth-order valence-electron chi connectivity index (χ4n) is 2.55. The molecule has 0 bridgehead atoms. The van der Waals surface area contributed by atoms with Gasteiger partial charge in [0.15, 0.2) is 0 Å². The first-order valence-electron chi connectivity index (χ1n) is 7.36. The fourth-order valence-corrected chi connectivity index (χ4v) is 2.98. The summed E-state index contributed by atoms with van der Waals surface area (Å²) < 4.78 is 1.15. The number of anilines is 2. The monoisotopic (exact) mass is 345 g/mol. The quantitative estimate of drug-likeness (QED) is 0.888. The number of hydrogen-bond donors (Lipinski definition) is 2. The van der Waals surface area contributed by atoms with Crippen molar-refractivity contribution >= 4 is 27.3 Å². The molecule has 1 aliphatic heterocycles. The zero-order chi connectivity index (χ0) is 14.5. The Morgan fingerprint density at radius 1 is 1.00 bits per heavy atom. The molecule has 2 N–H and O–H groups in total. The van der Waals surface area contributed by atoms with Crippen molar-refractivity contribution in [1.29, 1.82) is 0 Å². The summed E-state index contributed by atoms with van der Waals surface area (Å²) in [6.45, 7) is 5.14. The van der Waals surface area contributed by atoms with Gasteiger partial charge in [0, 0.05) is 48.6 Å². The van der Waals surface area contributed by atoms with Gasteiger partial charge in [0.05, 0.1) is 0 Å². The van der Waals surface area contributed by atoms with E-state index in [0.29, 0.717) is 0 Å². The summed E-state index contributed by atoms with van der Waals surface area (Å²) in [6, 6.07) is 17.0. The highest BCUT2D eigenvalue weighted by atomic mass is 79.9. The van der Waals surface area contributed by atoms with Crippen molar-refractivity contribution in [3.05, 3.63) is 58.6 Å². The molecule has 2 aromatic carbocycles. The van der Waals surface area contributed by atoms with Crippen molar-refractivity contribution < 1.29 is 0 Å². The van der Waals surface area contributed by atoms with Crippen LogP contribution >= 0.6 is 15.9 Å². The molecule has 110 valence electrons. The van der Waals surface area contributed by atoms with Crippen molar-refractivity contribution in [2.45, 2.75) is 6.54 Å². The van der Waals surface area contributed by atoms with Crippen LogP contribution < -0.4 is 15.5 Å². The molecule has 4 heteroatoms. The predicted octanol–water partition coefficient (Wildman–Crippen LogP) is 3.47. The molecule has 3 nitrogen and oxygen atoms in total. The largest absolute Gasteiger partial charge is 0.381 e. The van der Waals surface area contributed by atoms with E-state index in [2.05, 4.69) is 73.9 Å². The van der Waals surface area contributed by atoms with Gasteiger partial charge >= 0.3 is 0 Å². The predicted molar refractivity (Wildman–Crippen MR) is 93.0 cm³/mol. The molecule has 0 atom stereocenters. The SMILES string of the molecule is Brc1ccccc1CNc1ccc(N2CCNCC2)cc1. The Balaban J connectivity index is 1.60. The van der Waals surface area contributed by atoms with E-state index in [1.165, 1.54) is 11.3 Å². The molecule has 0 aliphatic carbocycles. The number of halogens is 1. The Labute approximate surface area is 134 Å². The van der Waals surface area contributed by atoms with Crippen LogP contribution in [0.4, 0.5) is 11.4 Å². The van der Waals surface area contributed by atoms with Gasteiger partial charge in [-0.05, 0) is 35.9 Å². The molecule has 0 amide bonds. The van der Waals surface area contributed by atoms with E-state index in [1.807, 2.05) is 6.07 Å². The Morgan fingerprint density at radius 2 is 1.71 bits per heavy atom. The van der Waals surface area contributed by atoms with Gasteiger partial charge in [-0.25, -0.2) is 0 Å². The van der Waals surface area contributed by atoms with Gasteiger partial charge < -0.3 is 15.5 Å². The van der Waals surface area contributed by atoms with Gasteiger partial charge in [-0.2, -0.15) is 0 Å². The third-order valence-corrected chi connectivity index (χ3v) is 4.56. The summed E-state index contributed by atoms with van der Waals surface area (Å²) in [6.07, 6.45) is 0. The highest BCUT2D eigenvalue weighted by Gasteiger charge is 2.09. The van der Waals surface area contributed by atoms with E-state index in [9.17, 15) is 0 Å². The van der Waals surface area contributed by atoms with Crippen molar-refractivity contribution in [1.82, 2.24) is 5.32 Å². The molecule has 0 radical (unpaired) electrons. The van der Waals surface area contributed by atoms with Crippen LogP contribution in [0.2, 0.25) is 0 Å². The van der Waals surface area contributed by atoms with Crippen LogP contribution in [-0.4, -0.2) is 26.2 Å². The van der Waals surface area contributed by atoms with Gasteiger partial charge in [0.25, 0.3) is 0 Å². The Morgan fingerprint density at radius 3 is 2.43 bits per heavy atom. The second-order valence-electron chi connectivity index (χ2n) is 5.23. The van der Waals surface area contributed by atoms with E-state index in [1.54, 1.807) is 0 Å². The van der Waals surface area contributed by atoms with E-state index in [0.717, 1.165) is 42.9 Å². The molecule has 2 aromatic rings. The van der Waals surface area contributed by atoms with Gasteiger partial charge in [0.2, 0.25) is 0 Å². The zero-order valence-corrected chi connectivity index (χ0v) is 13.6. The van der Waals surface area contributed by atoms with Crippen LogP contribution in [0, 0.1) is 0 Å². The van der Waals surface area contributed by atoms with Gasteiger partial charge in [0.1, 0.15) is 0 Å². The number of nitrogens with zero attached hydrogens (tertiary/aromatic N) is 1. The molecule has 0 spiro atoms. The summed E-state index contributed by atoms with van der Waals surface area (Å²) in [4.78, 5) is 2.42. The Hall–Kier alpha value is -1.52. The minimum absolute atomic E-state index is 0.828. The number of rotatable bonds is 4. The maximum atomic E-state index is 3.58. The molecular formula is C17H20BrN3. The number of nitrogens with one attached hydrogen (secondary N) is 2. The van der Waals surface area contributed by atoms with Gasteiger partial charge in [-0.1, -0.05) is 34.1 Å². The van der Waals surface area contributed by atoms with E-state index < -0.39 is 0 Å². The smallest absolute Gasteiger partial charge is 0.0411 e. The summed E-state index contributed by atoms with van der Waals surface area (Å²) in [5.74, 6) is 0. The maximum Gasteiger partial charge on any atom is 0.0411 e. The standard InChI is InChI=1S/C17H20BrN3/c18-17-4-2-1-3-14(17)13-20-15-5-7-16(8-6-15)21-11-9-19-10-12-21/h1-8,19-20H,9-13H2. The van der Waals surface area contributed by atoms with Crippen LogP contribution in [0.1, 0.15) is 5.56 Å². The lowest BCUT2D eigenvalue weighted by Gasteiger charge is -2.29. The third kappa shape index (κ3) is 3.77. The summed E-state index contributed by atoms with van der Waals surface area (Å²) in [5, 5.41) is 6.85. The molecule has 0 aromatic heterocycles. The number of hydrogen-bond acceptors (Lipinski definition) is 3. The lowest BCUT2D eigenvalue weighted by atomic mass is 10.2. The second-order valence-corrected chi connectivity index (χ2v) is 6.08. The van der Waals surface area contributed by atoms with Crippen molar-refractivity contribution in [2.24, 2.45) is 0 Å². The summed E-state index contributed by atoms with van der Waals surface area (Å²) in [7, 11) is 0. The van der Waals surface area contributed by atoms with Gasteiger partial charge in [-0.3, -0.25) is 0 Å². The molecule has 0 saturated carbocycles. The highest BCUT2D eigenvalue weighted by Crippen LogP contribution is 2.20. The minimum Gasteiger partial charge on any atom is -0.381 e. The molecule has 0 unspecified atom stereocenters. The zero-order valence-electron chi connectivity index (χ0n) is 12.0. The van der Waals surface area contributed by atoms with E-state index in [4.69, 9.17) is 0 Å². The molecule has 1 heterocycles. The normalized spacial score (nSPS) is 15.0. The van der Waals surface area contributed by atoms with Crippen LogP contribution in [0.3, 0.4) is 0 Å². The summed E-state index contributed by atoms with van der Waals surface area (Å²) >= 11 is 3.58. The minimum atomic E-state index is 0.828. The van der Waals surface area contributed by atoms with Crippen LogP contribution in [0.15, 0.2) is 53.0 Å². The van der Waals surface area contributed by atoms with E-state index in [-0.39, 0.29) is 0 Å². The first-order valence-corrected chi connectivity index (χ1v) is 8.15. The first-order chi connectivity index (χ1) is 10.3. The molecule has 1 saturated heterocycles. The van der Waals surface area contributed by atoms with Crippen LogP contribution in [0.25, 0.3) is 0 Å².